The van der Waals surface area contributed by atoms with E-state index >= 15 is 0 Å². The molecule has 17 heavy (non-hydrogen) atoms. The van der Waals surface area contributed by atoms with Crippen LogP contribution in [-0.4, -0.2) is 52.2 Å². The van der Waals surface area contributed by atoms with Gasteiger partial charge in [-0.2, -0.15) is 0 Å². The summed E-state index contributed by atoms with van der Waals surface area (Å²) in [5.74, 6) is -1.36. The average Bonchev–Trinajstić information content (AvgIpc) is 2.69. The van der Waals surface area contributed by atoms with E-state index in [4.69, 9.17) is 10.8 Å². The van der Waals surface area contributed by atoms with Crippen molar-refractivity contribution in [1.29, 1.82) is 0 Å². The predicted molar refractivity (Wildman–Crippen MR) is 61.2 cm³/mol. The van der Waals surface area contributed by atoms with Crippen LogP contribution in [0.5, 0.6) is 0 Å². The van der Waals surface area contributed by atoms with Gasteiger partial charge in [0.1, 0.15) is 6.04 Å². The number of carbonyl (C=O) groups is 2. The average molecular weight is 244 g/mol. The summed E-state index contributed by atoms with van der Waals surface area (Å²) in [6.45, 7) is 3.80. The van der Waals surface area contributed by atoms with E-state index in [2.05, 4.69) is 0 Å². The fourth-order valence-electron chi connectivity index (χ4n) is 2.00. The lowest BCUT2D eigenvalue weighted by Crippen LogP contribution is -2.50. The fraction of sp³-hybridized carbons (Fsp3) is 0.818. The predicted octanol–water partition coefficient (Wildman–Crippen LogP) is -0.592. The second-order valence-corrected chi connectivity index (χ2v) is 4.82. The molecule has 1 rings (SSSR count). The van der Waals surface area contributed by atoms with E-state index in [1.807, 2.05) is 6.92 Å². The molecule has 1 amide bonds. The van der Waals surface area contributed by atoms with Crippen LogP contribution < -0.4 is 5.73 Å². The molecule has 0 aromatic heterocycles. The molecule has 0 aromatic carbocycles. The van der Waals surface area contributed by atoms with Crippen LogP contribution in [0.15, 0.2) is 0 Å². The first kappa shape index (κ1) is 13.9. The van der Waals surface area contributed by atoms with Crippen molar-refractivity contribution in [2.75, 3.05) is 13.1 Å². The summed E-state index contributed by atoms with van der Waals surface area (Å²) < 4.78 is 0. The van der Waals surface area contributed by atoms with Gasteiger partial charge in [-0.05, 0) is 13.3 Å². The minimum Gasteiger partial charge on any atom is -0.480 e. The van der Waals surface area contributed by atoms with E-state index in [0.29, 0.717) is 6.42 Å². The molecule has 1 saturated heterocycles. The Morgan fingerprint density at radius 2 is 2.12 bits per heavy atom. The molecule has 0 bridgehead atoms. The number of aliphatic carboxylic acids is 1. The normalized spacial score (nSPS) is 27.9. The van der Waals surface area contributed by atoms with E-state index in [1.165, 1.54) is 4.90 Å². The molecule has 0 aliphatic carbocycles. The van der Waals surface area contributed by atoms with Gasteiger partial charge in [-0.1, -0.05) is 6.92 Å². The van der Waals surface area contributed by atoms with Crippen molar-refractivity contribution in [3.05, 3.63) is 0 Å². The Labute approximate surface area is 100 Å². The second kappa shape index (κ2) is 5.01. The Morgan fingerprint density at radius 1 is 1.53 bits per heavy atom. The number of likely N-dealkylation sites (tertiary alicyclic amines) is 1. The number of nitrogens with zero attached hydrogens (tertiary/aromatic N) is 1. The first-order chi connectivity index (χ1) is 7.85. The maximum atomic E-state index is 12.3. The highest BCUT2D eigenvalue weighted by molar-refractivity contribution is 5.88. The molecular formula is C11H20N2O4. The van der Waals surface area contributed by atoms with Gasteiger partial charge >= 0.3 is 5.97 Å². The molecule has 0 radical (unpaired) electrons. The molecule has 1 aliphatic rings. The van der Waals surface area contributed by atoms with Crippen LogP contribution in [0.4, 0.5) is 0 Å². The van der Waals surface area contributed by atoms with E-state index < -0.39 is 23.5 Å². The smallest absolute Gasteiger partial charge is 0.326 e. The minimum absolute atomic E-state index is 0.0748. The minimum atomic E-state index is -1.08. The lowest BCUT2D eigenvalue weighted by molar-refractivity contribution is -0.152. The molecule has 1 aliphatic heterocycles. The number of carboxylic acid groups (broad SMARTS) is 1. The summed E-state index contributed by atoms with van der Waals surface area (Å²) in [5.41, 5.74) is 4.83. The van der Waals surface area contributed by atoms with Crippen molar-refractivity contribution in [2.45, 2.75) is 38.8 Å². The summed E-state index contributed by atoms with van der Waals surface area (Å²) in [5, 5.41) is 18.5. The van der Waals surface area contributed by atoms with Gasteiger partial charge in [0, 0.05) is 19.5 Å². The number of aliphatic hydroxyl groups is 1. The SMILES string of the molecule is CCC(C)(CN)C(=O)N1CC(O)C[C@H]1C(=O)O. The summed E-state index contributed by atoms with van der Waals surface area (Å²) in [6, 6.07) is -0.935. The van der Waals surface area contributed by atoms with Crippen LogP contribution >= 0.6 is 0 Å². The lowest BCUT2D eigenvalue weighted by Gasteiger charge is -2.32. The van der Waals surface area contributed by atoms with E-state index in [0.717, 1.165) is 0 Å². The number of hydrogen-bond donors (Lipinski definition) is 3. The van der Waals surface area contributed by atoms with Crippen molar-refractivity contribution in [3.63, 3.8) is 0 Å². The monoisotopic (exact) mass is 244 g/mol. The van der Waals surface area contributed by atoms with Crippen molar-refractivity contribution in [2.24, 2.45) is 11.1 Å². The number of aliphatic hydroxyl groups excluding tert-OH is 1. The molecule has 0 aromatic rings. The third-order valence-electron chi connectivity index (χ3n) is 3.57. The van der Waals surface area contributed by atoms with Gasteiger partial charge in [0.05, 0.1) is 11.5 Å². The van der Waals surface area contributed by atoms with Crippen LogP contribution in [0.1, 0.15) is 26.7 Å². The topological polar surface area (TPSA) is 104 Å². The van der Waals surface area contributed by atoms with E-state index in [9.17, 15) is 14.7 Å². The second-order valence-electron chi connectivity index (χ2n) is 4.82. The maximum Gasteiger partial charge on any atom is 0.326 e. The standard InChI is InChI=1S/C11H20N2O4/c1-3-11(2,6-12)10(17)13-5-7(14)4-8(13)9(15)16/h7-8,14H,3-6,12H2,1-2H3,(H,15,16)/t7?,8-,11?/m0/s1. The number of nitrogens with two attached hydrogens (primary N) is 1. The third-order valence-corrected chi connectivity index (χ3v) is 3.57. The van der Waals surface area contributed by atoms with Crippen molar-refractivity contribution < 1.29 is 19.8 Å². The number of carboxylic acids is 1. The van der Waals surface area contributed by atoms with Crippen LogP contribution in [0.3, 0.4) is 0 Å². The number of rotatable bonds is 4. The lowest BCUT2D eigenvalue weighted by atomic mass is 9.86. The highest BCUT2D eigenvalue weighted by Crippen LogP contribution is 2.28. The van der Waals surface area contributed by atoms with Crippen LogP contribution in [0.2, 0.25) is 0 Å². The van der Waals surface area contributed by atoms with Crippen LogP contribution in [0.25, 0.3) is 0 Å². The number of amides is 1. The molecule has 4 N–H and O–H groups in total. The van der Waals surface area contributed by atoms with Gasteiger partial charge in [0.15, 0.2) is 0 Å². The number of β-amino-alcohol motifs (C(OH)–C–C–N with tert-alkyl or cyclic N) is 1. The molecule has 1 heterocycles. The van der Waals surface area contributed by atoms with Crippen LogP contribution in [0, 0.1) is 5.41 Å². The molecule has 6 nitrogen and oxygen atoms in total. The highest BCUT2D eigenvalue weighted by Gasteiger charge is 2.44. The van der Waals surface area contributed by atoms with Gasteiger partial charge in [-0.15, -0.1) is 0 Å². The summed E-state index contributed by atoms with van der Waals surface area (Å²) in [6.07, 6.45) is -0.133. The molecule has 0 saturated carbocycles. The fourth-order valence-corrected chi connectivity index (χ4v) is 2.00. The Morgan fingerprint density at radius 3 is 2.53 bits per heavy atom. The zero-order valence-corrected chi connectivity index (χ0v) is 10.2. The van der Waals surface area contributed by atoms with Crippen LogP contribution in [-0.2, 0) is 9.59 Å². The largest absolute Gasteiger partial charge is 0.480 e. The van der Waals surface area contributed by atoms with E-state index in [1.54, 1.807) is 6.92 Å². The van der Waals surface area contributed by atoms with Gasteiger partial charge in [0.2, 0.25) is 5.91 Å². The Balaban J connectivity index is 2.91. The van der Waals surface area contributed by atoms with Gasteiger partial charge in [-0.3, -0.25) is 4.79 Å². The zero-order valence-electron chi connectivity index (χ0n) is 10.2. The molecule has 3 atom stereocenters. The number of hydrogen-bond acceptors (Lipinski definition) is 4. The molecule has 6 heteroatoms. The Bertz CT molecular complexity index is 315. The summed E-state index contributed by atoms with van der Waals surface area (Å²) >= 11 is 0. The van der Waals surface area contributed by atoms with Gasteiger partial charge in [0.25, 0.3) is 0 Å². The zero-order chi connectivity index (χ0) is 13.2. The van der Waals surface area contributed by atoms with Crippen molar-refractivity contribution in [1.82, 2.24) is 4.90 Å². The van der Waals surface area contributed by atoms with Crippen molar-refractivity contribution in [3.8, 4) is 0 Å². The quantitative estimate of drug-likeness (QED) is 0.613. The molecule has 98 valence electrons. The highest BCUT2D eigenvalue weighted by atomic mass is 16.4. The van der Waals surface area contributed by atoms with Gasteiger partial charge in [-0.25, -0.2) is 4.79 Å². The molecule has 2 unspecified atom stereocenters. The Hall–Kier alpha value is -1.14. The first-order valence-electron chi connectivity index (χ1n) is 5.77. The molecule has 0 spiro atoms. The number of carbonyl (C=O) groups excluding carboxylic acids is 1. The third kappa shape index (κ3) is 2.58. The summed E-state index contributed by atoms with van der Waals surface area (Å²) in [4.78, 5) is 24.5. The van der Waals surface area contributed by atoms with Crippen molar-refractivity contribution >= 4 is 11.9 Å². The first-order valence-corrected chi connectivity index (χ1v) is 5.77. The summed E-state index contributed by atoms with van der Waals surface area (Å²) in [7, 11) is 0. The molecule has 1 fully saturated rings. The van der Waals surface area contributed by atoms with Gasteiger partial charge < -0.3 is 20.8 Å². The maximum absolute atomic E-state index is 12.3. The Kier molecular flexibility index (Phi) is 4.11. The molecular weight excluding hydrogens is 224 g/mol. The van der Waals surface area contributed by atoms with E-state index in [-0.39, 0.29) is 25.4 Å².